The van der Waals surface area contributed by atoms with Gasteiger partial charge in [0.2, 0.25) is 10.0 Å². The first-order valence-electron chi connectivity index (χ1n) is 5.92. The molecule has 0 aliphatic carbocycles. The molecule has 1 aromatic rings. The molecule has 0 saturated carbocycles. The van der Waals surface area contributed by atoms with Gasteiger partial charge in [0.05, 0.1) is 18.1 Å². The number of rotatable bonds is 3. The minimum atomic E-state index is -3.99. The molecule has 0 amide bonds. The topological polar surface area (TPSA) is 83.9 Å². The van der Waals surface area contributed by atoms with E-state index in [4.69, 9.17) is 9.84 Å². The second kappa shape index (κ2) is 5.47. The number of benzene rings is 1. The van der Waals surface area contributed by atoms with Crippen molar-refractivity contribution in [1.82, 2.24) is 4.31 Å². The van der Waals surface area contributed by atoms with Crippen molar-refractivity contribution >= 4 is 16.0 Å². The standard InChI is InChI=1S/C12H14FNO5S/c1-8-6-9(2-3-10(8)13)20(17,18)14-4-5-19-7-11(14)12(15)16/h2-3,6,11H,4-5,7H2,1H3,(H,15,16). The summed E-state index contributed by atoms with van der Waals surface area (Å²) in [6.45, 7) is 1.33. The lowest BCUT2D eigenvalue weighted by Gasteiger charge is -2.31. The van der Waals surface area contributed by atoms with Gasteiger partial charge in [-0.05, 0) is 30.7 Å². The molecule has 6 nitrogen and oxygen atoms in total. The van der Waals surface area contributed by atoms with Crippen molar-refractivity contribution in [3.8, 4) is 0 Å². The number of hydrogen-bond donors (Lipinski definition) is 1. The van der Waals surface area contributed by atoms with Crippen LogP contribution in [0.4, 0.5) is 4.39 Å². The second-order valence-corrected chi connectivity index (χ2v) is 6.35. The highest BCUT2D eigenvalue weighted by atomic mass is 32.2. The van der Waals surface area contributed by atoms with Gasteiger partial charge in [-0.25, -0.2) is 12.8 Å². The summed E-state index contributed by atoms with van der Waals surface area (Å²) in [5, 5.41) is 9.07. The Kier molecular flexibility index (Phi) is 4.07. The molecule has 1 fully saturated rings. The smallest absolute Gasteiger partial charge is 0.324 e. The fourth-order valence-electron chi connectivity index (χ4n) is 1.98. The molecule has 8 heteroatoms. The first-order chi connectivity index (χ1) is 9.34. The van der Waals surface area contributed by atoms with Crippen LogP contribution < -0.4 is 0 Å². The molecular formula is C12H14FNO5S. The molecule has 2 rings (SSSR count). The molecule has 1 atom stereocenters. The predicted molar refractivity (Wildman–Crippen MR) is 67.3 cm³/mol. The highest BCUT2D eigenvalue weighted by Gasteiger charge is 2.38. The largest absolute Gasteiger partial charge is 0.480 e. The van der Waals surface area contributed by atoms with Crippen LogP contribution in [-0.2, 0) is 19.6 Å². The number of morpholine rings is 1. The van der Waals surface area contributed by atoms with Crippen LogP contribution >= 0.6 is 0 Å². The van der Waals surface area contributed by atoms with Crippen LogP contribution in [0.25, 0.3) is 0 Å². The van der Waals surface area contributed by atoms with Crippen LogP contribution in [0.5, 0.6) is 0 Å². The number of sulfonamides is 1. The fraction of sp³-hybridized carbons (Fsp3) is 0.417. The minimum absolute atomic E-state index is 0.0459. The van der Waals surface area contributed by atoms with Crippen molar-refractivity contribution in [2.75, 3.05) is 19.8 Å². The Bertz CT molecular complexity index is 631. The molecule has 1 aliphatic rings. The number of halogens is 1. The van der Waals surface area contributed by atoms with Gasteiger partial charge < -0.3 is 9.84 Å². The third-order valence-corrected chi connectivity index (χ3v) is 5.00. The Morgan fingerprint density at radius 2 is 2.20 bits per heavy atom. The summed E-state index contributed by atoms with van der Waals surface area (Å²) in [6, 6.07) is 2.11. The SMILES string of the molecule is Cc1cc(S(=O)(=O)N2CCOCC2C(=O)O)ccc1F. The zero-order valence-corrected chi connectivity index (χ0v) is 11.6. The Morgan fingerprint density at radius 3 is 2.80 bits per heavy atom. The van der Waals surface area contributed by atoms with Gasteiger partial charge in [-0.1, -0.05) is 0 Å². The zero-order valence-electron chi connectivity index (χ0n) is 10.7. The maximum atomic E-state index is 13.2. The molecule has 20 heavy (non-hydrogen) atoms. The number of hydrogen-bond acceptors (Lipinski definition) is 4. The van der Waals surface area contributed by atoms with Crippen LogP contribution in [0.1, 0.15) is 5.56 Å². The third-order valence-electron chi connectivity index (χ3n) is 3.10. The number of aryl methyl sites for hydroxylation is 1. The first kappa shape index (κ1) is 14.9. The zero-order chi connectivity index (χ0) is 14.9. The first-order valence-corrected chi connectivity index (χ1v) is 7.36. The molecule has 0 radical (unpaired) electrons. The van der Waals surface area contributed by atoms with Gasteiger partial charge >= 0.3 is 5.97 Å². The van der Waals surface area contributed by atoms with Gasteiger partial charge in [0.1, 0.15) is 11.9 Å². The maximum absolute atomic E-state index is 13.2. The lowest BCUT2D eigenvalue weighted by molar-refractivity contribution is -0.146. The summed E-state index contributed by atoms with van der Waals surface area (Å²) in [4.78, 5) is 11.0. The van der Waals surface area contributed by atoms with Crippen molar-refractivity contribution in [2.45, 2.75) is 17.9 Å². The van der Waals surface area contributed by atoms with Crippen LogP contribution in [0.3, 0.4) is 0 Å². The summed E-state index contributed by atoms with van der Waals surface area (Å²) >= 11 is 0. The summed E-state index contributed by atoms with van der Waals surface area (Å²) in [5.74, 6) is -1.78. The van der Waals surface area contributed by atoms with Crippen molar-refractivity contribution < 1.29 is 27.4 Å². The van der Waals surface area contributed by atoms with Gasteiger partial charge in [0.15, 0.2) is 0 Å². The summed E-state index contributed by atoms with van der Waals surface area (Å²) in [7, 11) is -3.99. The molecule has 0 bridgehead atoms. The Morgan fingerprint density at radius 1 is 1.50 bits per heavy atom. The fourth-order valence-corrected chi connectivity index (χ4v) is 3.62. The normalized spacial score (nSPS) is 20.8. The van der Waals surface area contributed by atoms with Crippen LogP contribution in [0, 0.1) is 12.7 Å². The van der Waals surface area contributed by atoms with E-state index in [0.717, 1.165) is 16.4 Å². The third kappa shape index (κ3) is 2.67. The van der Waals surface area contributed by atoms with Crippen LogP contribution in [0.15, 0.2) is 23.1 Å². The molecule has 1 saturated heterocycles. The summed E-state index contributed by atoms with van der Waals surface area (Å²) < 4.78 is 44.0. The molecule has 0 spiro atoms. The van der Waals surface area contributed by atoms with Crippen molar-refractivity contribution in [3.63, 3.8) is 0 Å². The van der Waals surface area contributed by atoms with Crippen molar-refractivity contribution in [3.05, 3.63) is 29.6 Å². The molecule has 1 aromatic carbocycles. The lowest BCUT2D eigenvalue weighted by atomic mass is 10.2. The van der Waals surface area contributed by atoms with E-state index in [1.807, 2.05) is 0 Å². The molecule has 1 aliphatic heterocycles. The van der Waals surface area contributed by atoms with Gasteiger partial charge in [-0.2, -0.15) is 4.31 Å². The summed E-state index contributed by atoms with van der Waals surface area (Å²) in [6.07, 6.45) is 0. The van der Waals surface area contributed by atoms with E-state index in [1.165, 1.54) is 13.0 Å². The maximum Gasteiger partial charge on any atom is 0.324 e. The monoisotopic (exact) mass is 303 g/mol. The highest BCUT2D eigenvalue weighted by molar-refractivity contribution is 7.89. The van der Waals surface area contributed by atoms with E-state index in [1.54, 1.807) is 0 Å². The predicted octanol–water partition coefficient (Wildman–Crippen LogP) is 0.608. The second-order valence-electron chi connectivity index (χ2n) is 4.46. The van der Waals surface area contributed by atoms with Gasteiger partial charge in [-0.15, -0.1) is 0 Å². The van der Waals surface area contributed by atoms with Crippen molar-refractivity contribution in [2.24, 2.45) is 0 Å². The van der Waals surface area contributed by atoms with E-state index in [9.17, 15) is 17.6 Å². The average molecular weight is 303 g/mol. The Balaban J connectivity index is 2.42. The van der Waals surface area contributed by atoms with Crippen LogP contribution in [0.2, 0.25) is 0 Å². The summed E-state index contributed by atoms with van der Waals surface area (Å²) in [5.41, 5.74) is 0.186. The molecule has 1 unspecified atom stereocenters. The highest BCUT2D eigenvalue weighted by Crippen LogP contribution is 2.22. The van der Waals surface area contributed by atoms with E-state index in [0.29, 0.717) is 0 Å². The van der Waals surface area contributed by atoms with E-state index >= 15 is 0 Å². The number of carboxylic acid groups (broad SMARTS) is 1. The Labute approximate surface area is 115 Å². The number of nitrogens with zero attached hydrogens (tertiary/aromatic N) is 1. The molecule has 110 valence electrons. The van der Waals surface area contributed by atoms with Crippen molar-refractivity contribution in [1.29, 1.82) is 0 Å². The van der Waals surface area contributed by atoms with Gasteiger partial charge in [-0.3, -0.25) is 4.79 Å². The van der Waals surface area contributed by atoms with E-state index in [2.05, 4.69) is 0 Å². The molecule has 0 aromatic heterocycles. The molecular weight excluding hydrogens is 289 g/mol. The van der Waals surface area contributed by atoms with Gasteiger partial charge in [0, 0.05) is 6.54 Å². The Hall–Kier alpha value is -1.51. The quantitative estimate of drug-likeness (QED) is 0.884. The number of ether oxygens (including phenoxy) is 1. The minimum Gasteiger partial charge on any atom is -0.480 e. The number of aliphatic carboxylic acids is 1. The molecule has 1 heterocycles. The lowest BCUT2D eigenvalue weighted by Crippen LogP contribution is -2.52. The molecule has 1 N–H and O–H groups in total. The van der Waals surface area contributed by atoms with Gasteiger partial charge in [0.25, 0.3) is 0 Å². The number of carboxylic acids is 1. The average Bonchev–Trinajstić information content (AvgIpc) is 2.41. The van der Waals surface area contributed by atoms with E-state index < -0.39 is 27.9 Å². The van der Waals surface area contributed by atoms with E-state index in [-0.39, 0.29) is 30.2 Å². The van der Waals surface area contributed by atoms with Crippen LogP contribution in [-0.4, -0.2) is 49.6 Å². The number of carbonyl (C=O) groups is 1.